The summed E-state index contributed by atoms with van der Waals surface area (Å²) in [7, 11) is 0. The quantitative estimate of drug-likeness (QED) is 0.650. The number of rotatable bonds is 3. The number of nitrogens with one attached hydrogen (secondary N) is 2. The number of hydrogen-bond acceptors (Lipinski definition) is 2. The Morgan fingerprint density at radius 1 is 1.09 bits per heavy atom. The highest BCUT2D eigenvalue weighted by molar-refractivity contribution is 7.80. The maximum atomic E-state index is 11.5. The molecule has 0 spiro atoms. The van der Waals surface area contributed by atoms with E-state index >= 15 is 0 Å². The van der Waals surface area contributed by atoms with E-state index in [2.05, 4.69) is 10.6 Å². The molecule has 0 atom stereocenters. The van der Waals surface area contributed by atoms with E-state index < -0.39 is 0 Å². The molecule has 4 fully saturated rings. The minimum absolute atomic E-state index is 0.0774. The van der Waals surface area contributed by atoms with E-state index in [1.807, 2.05) is 24.3 Å². The zero-order valence-electron chi connectivity index (χ0n) is 13.5. The summed E-state index contributed by atoms with van der Waals surface area (Å²) in [6.07, 6.45) is 7.00. The smallest absolute Gasteiger partial charge is 0.171 e. The van der Waals surface area contributed by atoms with Crippen molar-refractivity contribution in [3.63, 3.8) is 0 Å². The summed E-state index contributed by atoms with van der Waals surface area (Å²) in [5, 5.41) is 7.56. The molecule has 2 N–H and O–H groups in total. The Labute approximate surface area is 143 Å². The fourth-order valence-electron chi connectivity index (χ4n) is 5.30. The van der Waals surface area contributed by atoms with Gasteiger partial charge >= 0.3 is 0 Å². The highest BCUT2D eigenvalue weighted by atomic mass is 32.1. The molecule has 4 bridgehead atoms. The number of ketones is 1. The van der Waals surface area contributed by atoms with Crippen molar-refractivity contribution >= 4 is 28.8 Å². The first kappa shape index (κ1) is 15.1. The molecule has 0 saturated heterocycles. The second-order valence-corrected chi connectivity index (χ2v) is 8.10. The van der Waals surface area contributed by atoms with Crippen molar-refractivity contribution in [2.45, 2.75) is 45.1 Å². The molecule has 122 valence electrons. The van der Waals surface area contributed by atoms with E-state index in [-0.39, 0.29) is 5.78 Å². The molecule has 4 aliphatic rings. The van der Waals surface area contributed by atoms with Gasteiger partial charge in [-0.2, -0.15) is 0 Å². The first-order valence-electron chi connectivity index (χ1n) is 8.77. The predicted octanol–water partition coefficient (Wildman–Crippen LogP) is 4.00. The van der Waals surface area contributed by atoms with Gasteiger partial charge in [0.25, 0.3) is 0 Å². The topological polar surface area (TPSA) is 41.1 Å². The average molecular weight is 328 g/mol. The Bertz CT molecular complexity index is 614. The molecule has 4 saturated carbocycles. The minimum Gasteiger partial charge on any atom is -0.359 e. The van der Waals surface area contributed by atoms with E-state index in [1.54, 1.807) is 6.92 Å². The summed E-state index contributed by atoms with van der Waals surface area (Å²) in [5.41, 5.74) is 1.60. The number of benzene rings is 1. The van der Waals surface area contributed by atoms with Crippen LogP contribution in [0.4, 0.5) is 5.69 Å². The third kappa shape index (κ3) is 3.01. The first-order valence-corrected chi connectivity index (χ1v) is 9.18. The largest absolute Gasteiger partial charge is 0.359 e. The van der Waals surface area contributed by atoms with Crippen molar-refractivity contribution in [1.82, 2.24) is 5.32 Å². The molecule has 4 heteroatoms. The average Bonchev–Trinajstić information content (AvgIpc) is 2.50. The Balaban J connectivity index is 1.40. The highest BCUT2D eigenvalue weighted by Crippen LogP contribution is 2.53. The van der Waals surface area contributed by atoms with Gasteiger partial charge in [0.15, 0.2) is 10.9 Å². The molecule has 5 rings (SSSR count). The predicted molar refractivity (Wildman–Crippen MR) is 96.6 cm³/mol. The number of carbonyl (C=O) groups excluding carboxylic acids is 1. The monoisotopic (exact) mass is 328 g/mol. The van der Waals surface area contributed by atoms with E-state index in [9.17, 15) is 4.79 Å². The molecular formula is C19H24N2OS. The Kier molecular flexibility index (Phi) is 3.88. The second-order valence-electron chi connectivity index (χ2n) is 7.69. The van der Waals surface area contributed by atoms with E-state index in [0.717, 1.165) is 29.4 Å². The summed E-state index contributed by atoms with van der Waals surface area (Å²) in [6, 6.07) is 8.09. The van der Waals surface area contributed by atoms with E-state index in [4.69, 9.17) is 12.2 Å². The molecular weight excluding hydrogens is 304 g/mol. The molecule has 23 heavy (non-hydrogen) atoms. The van der Waals surface area contributed by atoms with Crippen LogP contribution in [-0.2, 0) is 0 Å². The van der Waals surface area contributed by atoms with Crippen LogP contribution < -0.4 is 10.6 Å². The SMILES string of the molecule is CC(=O)c1cccc(NC(=S)NC2C3CC4CC(C3)CC2C4)c1. The molecule has 0 aromatic heterocycles. The van der Waals surface area contributed by atoms with Crippen molar-refractivity contribution in [1.29, 1.82) is 0 Å². The molecule has 1 aromatic carbocycles. The number of hydrogen-bond donors (Lipinski definition) is 2. The molecule has 0 amide bonds. The summed E-state index contributed by atoms with van der Waals surface area (Å²) < 4.78 is 0. The lowest BCUT2D eigenvalue weighted by atomic mass is 9.54. The normalized spacial score (nSPS) is 34.2. The minimum atomic E-state index is 0.0774. The van der Waals surface area contributed by atoms with Gasteiger partial charge in [-0.25, -0.2) is 0 Å². The van der Waals surface area contributed by atoms with Crippen molar-refractivity contribution in [2.24, 2.45) is 23.7 Å². The van der Waals surface area contributed by atoms with Gasteiger partial charge in [-0.1, -0.05) is 12.1 Å². The van der Waals surface area contributed by atoms with Crippen molar-refractivity contribution in [3.8, 4) is 0 Å². The van der Waals surface area contributed by atoms with Crippen molar-refractivity contribution in [3.05, 3.63) is 29.8 Å². The summed E-state index contributed by atoms with van der Waals surface area (Å²) >= 11 is 5.54. The third-order valence-corrected chi connectivity index (χ3v) is 6.27. The lowest BCUT2D eigenvalue weighted by molar-refractivity contribution is -0.00665. The van der Waals surface area contributed by atoms with Gasteiger partial charge in [-0.15, -0.1) is 0 Å². The van der Waals surface area contributed by atoms with Crippen LogP contribution >= 0.6 is 12.2 Å². The van der Waals surface area contributed by atoms with Crippen molar-refractivity contribution < 1.29 is 4.79 Å². The fourth-order valence-corrected chi connectivity index (χ4v) is 5.55. The second kappa shape index (κ2) is 5.90. The summed E-state index contributed by atoms with van der Waals surface area (Å²) in [6.45, 7) is 1.59. The van der Waals surface area contributed by atoms with Crippen LogP contribution in [0.1, 0.15) is 49.4 Å². The number of Topliss-reactive ketones (excluding diaryl/α,β-unsaturated/α-hetero) is 1. The first-order chi connectivity index (χ1) is 11.1. The fraction of sp³-hybridized carbons (Fsp3) is 0.579. The van der Waals surface area contributed by atoms with Gasteiger partial charge in [-0.05, 0) is 87.1 Å². The maximum Gasteiger partial charge on any atom is 0.171 e. The van der Waals surface area contributed by atoms with Gasteiger partial charge in [0.1, 0.15) is 0 Å². The zero-order valence-corrected chi connectivity index (χ0v) is 14.4. The van der Waals surface area contributed by atoms with Crippen LogP contribution in [0.3, 0.4) is 0 Å². The van der Waals surface area contributed by atoms with Crippen LogP contribution in [-0.4, -0.2) is 16.9 Å². The zero-order chi connectivity index (χ0) is 16.0. The lowest BCUT2D eigenvalue weighted by Crippen LogP contribution is -2.56. The summed E-state index contributed by atoms with van der Waals surface area (Å²) in [5.74, 6) is 3.63. The standard InChI is InChI=1S/C19H24N2OS/c1-11(22)14-3-2-4-17(10-14)20-19(23)21-18-15-6-12-5-13(8-15)9-16(18)7-12/h2-4,10,12-13,15-16,18H,5-9H2,1H3,(H2,20,21,23). The van der Waals surface area contributed by atoms with Gasteiger partial charge in [-0.3, -0.25) is 4.79 Å². The van der Waals surface area contributed by atoms with Crippen LogP contribution in [0.25, 0.3) is 0 Å². The molecule has 4 aliphatic carbocycles. The molecule has 0 radical (unpaired) electrons. The third-order valence-electron chi connectivity index (χ3n) is 6.05. The Morgan fingerprint density at radius 2 is 1.74 bits per heavy atom. The number of thiocarbonyl (C=S) groups is 1. The molecule has 0 heterocycles. The van der Waals surface area contributed by atoms with Gasteiger partial charge in [0, 0.05) is 17.3 Å². The lowest BCUT2D eigenvalue weighted by Gasteiger charge is -2.54. The number of anilines is 1. The highest BCUT2D eigenvalue weighted by Gasteiger charge is 2.48. The van der Waals surface area contributed by atoms with E-state index in [0.29, 0.717) is 16.7 Å². The van der Waals surface area contributed by atoms with E-state index in [1.165, 1.54) is 32.1 Å². The molecule has 0 aliphatic heterocycles. The molecule has 3 nitrogen and oxygen atoms in total. The Morgan fingerprint density at radius 3 is 2.35 bits per heavy atom. The summed E-state index contributed by atoms with van der Waals surface area (Å²) in [4.78, 5) is 11.5. The maximum absolute atomic E-state index is 11.5. The molecule has 1 aromatic rings. The van der Waals surface area contributed by atoms with Crippen LogP contribution in [0, 0.1) is 23.7 Å². The van der Waals surface area contributed by atoms with Gasteiger partial charge in [0.05, 0.1) is 0 Å². The van der Waals surface area contributed by atoms with Crippen molar-refractivity contribution in [2.75, 3.05) is 5.32 Å². The number of carbonyl (C=O) groups is 1. The van der Waals surface area contributed by atoms with Crippen LogP contribution in [0.15, 0.2) is 24.3 Å². The Hall–Kier alpha value is -1.42. The van der Waals surface area contributed by atoms with Gasteiger partial charge in [0.2, 0.25) is 0 Å². The van der Waals surface area contributed by atoms with Crippen LogP contribution in [0.2, 0.25) is 0 Å². The van der Waals surface area contributed by atoms with Crippen LogP contribution in [0.5, 0.6) is 0 Å². The van der Waals surface area contributed by atoms with Gasteiger partial charge < -0.3 is 10.6 Å². The molecule has 0 unspecified atom stereocenters.